The summed E-state index contributed by atoms with van der Waals surface area (Å²) >= 11 is 12.7. The van der Waals surface area contributed by atoms with E-state index in [0.717, 1.165) is 37.3 Å². The third kappa shape index (κ3) is 4.84. The SMILES string of the molecule is Fc1ccc(CN=C2N[C@H](C3CCCC(Cl)C3)[C@H](c3cccc(Cl)c3)N2)cc1F. The van der Waals surface area contributed by atoms with E-state index in [0.29, 0.717) is 22.5 Å². The van der Waals surface area contributed by atoms with Crippen molar-refractivity contribution in [3.63, 3.8) is 0 Å². The summed E-state index contributed by atoms with van der Waals surface area (Å²) in [6.45, 7) is 0.254. The van der Waals surface area contributed by atoms with Crippen molar-refractivity contribution in [2.24, 2.45) is 10.9 Å². The quantitative estimate of drug-likeness (QED) is 0.612. The van der Waals surface area contributed by atoms with Crippen LogP contribution in [-0.4, -0.2) is 17.4 Å². The molecule has 2 N–H and O–H groups in total. The highest BCUT2D eigenvalue weighted by Gasteiger charge is 2.39. The lowest BCUT2D eigenvalue weighted by molar-refractivity contribution is 0.275. The summed E-state index contributed by atoms with van der Waals surface area (Å²) in [5.41, 5.74) is 1.70. The topological polar surface area (TPSA) is 36.4 Å². The Labute approximate surface area is 179 Å². The fraction of sp³-hybridized carbons (Fsp3) is 0.409. The number of nitrogens with one attached hydrogen (secondary N) is 2. The average molecular weight is 438 g/mol. The van der Waals surface area contributed by atoms with Crippen molar-refractivity contribution in [3.05, 3.63) is 70.2 Å². The smallest absolute Gasteiger partial charge is 0.192 e. The molecule has 1 aliphatic carbocycles. The molecule has 2 fully saturated rings. The molecule has 3 nitrogen and oxygen atoms in total. The Bertz CT molecular complexity index is 905. The number of benzene rings is 2. The van der Waals surface area contributed by atoms with E-state index in [1.807, 2.05) is 18.2 Å². The first kappa shape index (κ1) is 20.4. The number of hydrogen-bond donors (Lipinski definition) is 2. The molecule has 0 spiro atoms. The lowest BCUT2D eigenvalue weighted by Crippen LogP contribution is -2.38. The summed E-state index contributed by atoms with van der Waals surface area (Å²) in [4.78, 5) is 4.57. The minimum atomic E-state index is -0.861. The van der Waals surface area contributed by atoms with Crippen LogP contribution >= 0.6 is 23.2 Å². The maximum Gasteiger partial charge on any atom is 0.192 e. The standard InChI is InChI=1S/C22H23Cl2F2N3/c23-16-5-1-3-14(10-16)20-21(15-4-2-6-17(24)11-15)29-22(28-20)27-12-13-7-8-18(25)19(26)9-13/h1,3,5,7-10,15,17,20-21H,2,4,6,11-12H2,(H2,27,28,29)/t15?,17?,20-,21+/m0/s1. The lowest BCUT2D eigenvalue weighted by Gasteiger charge is -2.33. The fourth-order valence-electron chi connectivity index (χ4n) is 4.29. The maximum atomic E-state index is 13.5. The molecule has 1 heterocycles. The van der Waals surface area contributed by atoms with Gasteiger partial charge in [0.15, 0.2) is 17.6 Å². The molecule has 2 aliphatic rings. The monoisotopic (exact) mass is 437 g/mol. The van der Waals surface area contributed by atoms with Gasteiger partial charge >= 0.3 is 0 Å². The van der Waals surface area contributed by atoms with Gasteiger partial charge in [0.25, 0.3) is 0 Å². The Morgan fingerprint density at radius 2 is 1.90 bits per heavy atom. The van der Waals surface area contributed by atoms with E-state index in [4.69, 9.17) is 23.2 Å². The fourth-order valence-corrected chi connectivity index (χ4v) is 4.87. The second-order valence-corrected chi connectivity index (χ2v) is 8.84. The predicted molar refractivity (Wildman–Crippen MR) is 113 cm³/mol. The van der Waals surface area contributed by atoms with Crippen molar-refractivity contribution >= 4 is 29.2 Å². The van der Waals surface area contributed by atoms with Crippen LogP contribution in [0.5, 0.6) is 0 Å². The molecule has 29 heavy (non-hydrogen) atoms. The van der Waals surface area contributed by atoms with E-state index >= 15 is 0 Å². The molecule has 0 radical (unpaired) electrons. The molecule has 0 aromatic heterocycles. The van der Waals surface area contributed by atoms with Gasteiger partial charge in [-0.15, -0.1) is 11.6 Å². The molecular formula is C22H23Cl2F2N3. The lowest BCUT2D eigenvalue weighted by atomic mass is 9.80. The van der Waals surface area contributed by atoms with E-state index in [1.54, 1.807) is 6.07 Å². The molecule has 0 bridgehead atoms. The van der Waals surface area contributed by atoms with Crippen molar-refractivity contribution in [2.45, 2.75) is 49.7 Å². The molecule has 1 saturated heterocycles. The summed E-state index contributed by atoms with van der Waals surface area (Å²) in [5.74, 6) is -0.646. The molecule has 154 valence electrons. The number of halogens is 4. The third-order valence-corrected chi connectivity index (χ3v) is 6.36. The van der Waals surface area contributed by atoms with Gasteiger partial charge in [0.05, 0.1) is 18.6 Å². The highest BCUT2D eigenvalue weighted by molar-refractivity contribution is 6.30. The van der Waals surface area contributed by atoms with E-state index in [-0.39, 0.29) is 24.0 Å². The van der Waals surface area contributed by atoms with Gasteiger partial charge in [-0.3, -0.25) is 0 Å². The van der Waals surface area contributed by atoms with Gasteiger partial charge in [-0.25, -0.2) is 13.8 Å². The van der Waals surface area contributed by atoms with Gasteiger partial charge in [-0.1, -0.05) is 36.2 Å². The van der Waals surface area contributed by atoms with E-state index in [2.05, 4.69) is 21.7 Å². The Morgan fingerprint density at radius 1 is 1.03 bits per heavy atom. The largest absolute Gasteiger partial charge is 0.351 e. The molecule has 1 saturated carbocycles. The zero-order valence-corrected chi connectivity index (χ0v) is 17.4. The zero-order chi connectivity index (χ0) is 20.4. The van der Waals surface area contributed by atoms with Crippen molar-refractivity contribution in [3.8, 4) is 0 Å². The second-order valence-electron chi connectivity index (χ2n) is 7.78. The second kappa shape index (κ2) is 8.88. The first-order valence-corrected chi connectivity index (χ1v) is 10.7. The molecule has 7 heteroatoms. The van der Waals surface area contributed by atoms with E-state index < -0.39 is 11.6 Å². The Hall–Kier alpha value is -1.85. The predicted octanol–water partition coefficient (Wildman–Crippen LogP) is 5.57. The molecule has 4 atom stereocenters. The van der Waals surface area contributed by atoms with Gasteiger partial charge in [-0.2, -0.15) is 0 Å². The van der Waals surface area contributed by atoms with Gasteiger partial charge in [0.1, 0.15) is 0 Å². The third-order valence-electron chi connectivity index (χ3n) is 5.72. The van der Waals surface area contributed by atoms with Gasteiger partial charge < -0.3 is 10.6 Å². The maximum absolute atomic E-state index is 13.5. The number of alkyl halides is 1. The van der Waals surface area contributed by atoms with Gasteiger partial charge in [0, 0.05) is 10.4 Å². The molecule has 2 unspecified atom stereocenters. The summed E-state index contributed by atoms with van der Waals surface area (Å²) < 4.78 is 26.6. The first-order chi connectivity index (χ1) is 14.0. The number of rotatable bonds is 4. The van der Waals surface area contributed by atoms with Crippen molar-refractivity contribution in [1.29, 1.82) is 0 Å². The zero-order valence-electron chi connectivity index (χ0n) is 15.8. The van der Waals surface area contributed by atoms with Crippen LogP contribution in [0.2, 0.25) is 5.02 Å². The first-order valence-electron chi connectivity index (χ1n) is 9.90. The highest BCUT2D eigenvalue weighted by atomic mass is 35.5. The molecule has 4 rings (SSSR count). The summed E-state index contributed by atoms with van der Waals surface area (Å²) in [7, 11) is 0. The molecular weight excluding hydrogens is 415 g/mol. The number of aliphatic imine (C=N–C) groups is 1. The van der Waals surface area contributed by atoms with Gasteiger partial charge in [-0.05, 0) is 60.6 Å². The van der Waals surface area contributed by atoms with Crippen LogP contribution in [-0.2, 0) is 6.54 Å². The van der Waals surface area contributed by atoms with Crippen LogP contribution in [0.3, 0.4) is 0 Å². The summed E-state index contributed by atoms with van der Waals surface area (Å²) in [6, 6.07) is 11.8. The number of hydrogen-bond acceptors (Lipinski definition) is 1. The summed E-state index contributed by atoms with van der Waals surface area (Å²) in [5, 5.41) is 7.86. The van der Waals surface area contributed by atoms with Gasteiger partial charge in [0.2, 0.25) is 0 Å². The molecule has 1 aliphatic heterocycles. The van der Waals surface area contributed by atoms with E-state index in [9.17, 15) is 8.78 Å². The Kier molecular flexibility index (Phi) is 6.26. The molecule has 2 aromatic rings. The average Bonchev–Trinajstić information content (AvgIpc) is 3.13. The Morgan fingerprint density at radius 3 is 2.66 bits per heavy atom. The van der Waals surface area contributed by atoms with Crippen LogP contribution in [0.1, 0.15) is 42.9 Å². The minimum Gasteiger partial charge on any atom is -0.351 e. The van der Waals surface area contributed by atoms with Crippen molar-refractivity contribution in [1.82, 2.24) is 10.6 Å². The van der Waals surface area contributed by atoms with Crippen molar-refractivity contribution < 1.29 is 8.78 Å². The van der Waals surface area contributed by atoms with Crippen LogP contribution < -0.4 is 10.6 Å². The van der Waals surface area contributed by atoms with E-state index in [1.165, 1.54) is 6.07 Å². The molecule has 2 aromatic carbocycles. The molecule has 0 amide bonds. The van der Waals surface area contributed by atoms with Crippen LogP contribution in [0, 0.1) is 17.6 Å². The van der Waals surface area contributed by atoms with Crippen LogP contribution in [0.4, 0.5) is 8.78 Å². The minimum absolute atomic E-state index is 0.0179. The van der Waals surface area contributed by atoms with Crippen molar-refractivity contribution in [2.75, 3.05) is 0 Å². The Balaban J connectivity index is 1.56. The summed E-state index contributed by atoms with van der Waals surface area (Å²) in [6.07, 6.45) is 4.22. The van der Waals surface area contributed by atoms with Crippen LogP contribution in [0.15, 0.2) is 47.5 Å². The number of guanidine groups is 1. The highest BCUT2D eigenvalue weighted by Crippen LogP contribution is 2.36. The number of nitrogens with zero attached hydrogens (tertiary/aromatic N) is 1. The van der Waals surface area contributed by atoms with Crippen LogP contribution in [0.25, 0.3) is 0 Å². The normalized spacial score (nSPS) is 28.2.